The summed E-state index contributed by atoms with van der Waals surface area (Å²) >= 11 is 0. The Balaban J connectivity index is 2.48. The molecule has 0 saturated heterocycles. The van der Waals surface area contributed by atoms with Gasteiger partial charge in [-0.05, 0) is 6.92 Å². The molecule has 0 amide bonds. The van der Waals surface area contributed by atoms with Gasteiger partial charge in [-0.3, -0.25) is 0 Å². The number of rotatable bonds is 2. The van der Waals surface area contributed by atoms with Crippen molar-refractivity contribution in [3.05, 3.63) is 12.2 Å². The van der Waals surface area contributed by atoms with Crippen molar-refractivity contribution < 1.29 is 4.52 Å². The van der Waals surface area contributed by atoms with Crippen LogP contribution in [0.15, 0.2) is 10.9 Å². The molecule has 1 rings (SSSR count). The molecule has 0 aliphatic rings. The summed E-state index contributed by atoms with van der Waals surface area (Å²) in [5, 5.41) is 3.59. The van der Waals surface area contributed by atoms with Crippen molar-refractivity contribution in [2.24, 2.45) is 5.73 Å². The highest BCUT2D eigenvalue weighted by Crippen LogP contribution is 1.91. The maximum absolute atomic E-state index is 5.46. The maximum atomic E-state index is 5.46. The van der Waals surface area contributed by atoms with Crippen LogP contribution in [-0.4, -0.2) is 16.2 Å². The summed E-state index contributed by atoms with van der Waals surface area (Å²) in [6, 6.07) is 0.0996. The van der Waals surface area contributed by atoms with E-state index in [1.165, 1.54) is 6.39 Å². The fraction of sp³-hybridized carbons (Fsp3) is 0.600. The minimum atomic E-state index is 0.0996. The Morgan fingerprint density at radius 2 is 2.67 bits per heavy atom. The van der Waals surface area contributed by atoms with Crippen molar-refractivity contribution in [1.82, 2.24) is 10.1 Å². The van der Waals surface area contributed by atoms with E-state index in [0.29, 0.717) is 12.2 Å². The molecule has 0 radical (unpaired) electrons. The zero-order valence-corrected chi connectivity index (χ0v) is 5.24. The molecule has 0 unspecified atom stereocenters. The van der Waals surface area contributed by atoms with Gasteiger partial charge in [0.25, 0.3) is 0 Å². The van der Waals surface area contributed by atoms with Gasteiger partial charge >= 0.3 is 0 Å². The van der Waals surface area contributed by atoms with Crippen molar-refractivity contribution in [2.45, 2.75) is 19.4 Å². The second-order valence-corrected chi connectivity index (χ2v) is 2.03. The summed E-state index contributed by atoms with van der Waals surface area (Å²) in [4.78, 5) is 3.80. The molecule has 0 saturated carbocycles. The van der Waals surface area contributed by atoms with E-state index in [4.69, 9.17) is 5.73 Å². The fourth-order valence-electron chi connectivity index (χ4n) is 0.570. The molecule has 0 aliphatic carbocycles. The molecule has 9 heavy (non-hydrogen) atoms. The van der Waals surface area contributed by atoms with Crippen molar-refractivity contribution in [3.63, 3.8) is 0 Å². The number of aromatic nitrogens is 2. The Morgan fingerprint density at radius 1 is 1.89 bits per heavy atom. The van der Waals surface area contributed by atoms with E-state index in [2.05, 4.69) is 14.7 Å². The lowest BCUT2D eigenvalue weighted by molar-refractivity contribution is 0.408. The molecule has 0 aliphatic heterocycles. The van der Waals surface area contributed by atoms with Crippen LogP contribution in [0, 0.1) is 0 Å². The first-order valence-electron chi connectivity index (χ1n) is 2.80. The minimum absolute atomic E-state index is 0.0996. The van der Waals surface area contributed by atoms with Crippen LogP contribution in [0.1, 0.15) is 12.7 Å². The highest BCUT2D eigenvalue weighted by Gasteiger charge is 2.00. The van der Waals surface area contributed by atoms with Gasteiger partial charge < -0.3 is 10.3 Å². The van der Waals surface area contributed by atoms with Gasteiger partial charge in [-0.25, -0.2) is 0 Å². The van der Waals surface area contributed by atoms with Crippen LogP contribution >= 0.6 is 0 Å². The van der Waals surface area contributed by atoms with E-state index in [1.807, 2.05) is 6.92 Å². The molecule has 1 heterocycles. The molecule has 0 aromatic carbocycles. The molecule has 50 valence electrons. The average molecular weight is 127 g/mol. The van der Waals surface area contributed by atoms with Gasteiger partial charge in [-0.1, -0.05) is 5.16 Å². The zero-order valence-electron chi connectivity index (χ0n) is 5.24. The topological polar surface area (TPSA) is 64.9 Å². The summed E-state index contributed by atoms with van der Waals surface area (Å²) in [6.45, 7) is 1.90. The van der Waals surface area contributed by atoms with E-state index < -0.39 is 0 Å². The number of nitrogens with two attached hydrogens (primary N) is 1. The van der Waals surface area contributed by atoms with Crippen molar-refractivity contribution in [1.29, 1.82) is 0 Å². The van der Waals surface area contributed by atoms with Gasteiger partial charge in [0.15, 0.2) is 5.82 Å². The third kappa shape index (κ3) is 1.81. The Labute approximate surface area is 53.1 Å². The predicted molar refractivity (Wildman–Crippen MR) is 31.7 cm³/mol. The molecule has 1 aromatic heterocycles. The molecule has 4 heteroatoms. The highest BCUT2D eigenvalue weighted by atomic mass is 16.5. The monoisotopic (exact) mass is 127 g/mol. The smallest absolute Gasteiger partial charge is 0.213 e. The molecular formula is C5H9N3O. The molecule has 1 atom stereocenters. The number of hydrogen-bond donors (Lipinski definition) is 1. The Bertz CT molecular complexity index is 159. The first-order valence-corrected chi connectivity index (χ1v) is 2.80. The van der Waals surface area contributed by atoms with E-state index in [-0.39, 0.29) is 6.04 Å². The molecule has 2 N–H and O–H groups in total. The van der Waals surface area contributed by atoms with Crippen molar-refractivity contribution in [2.75, 3.05) is 0 Å². The lowest BCUT2D eigenvalue weighted by Crippen LogP contribution is -2.18. The van der Waals surface area contributed by atoms with E-state index in [0.717, 1.165) is 0 Å². The summed E-state index contributed by atoms with van der Waals surface area (Å²) in [6.07, 6.45) is 1.98. The van der Waals surface area contributed by atoms with Gasteiger partial charge in [0, 0.05) is 12.5 Å². The Hall–Kier alpha value is -0.900. The van der Waals surface area contributed by atoms with E-state index in [1.54, 1.807) is 0 Å². The second-order valence-electron chi connectivity index (χ2n) is 2.03. The Kier molecular flexibility index (Phi) is 1.79. The van der Waals surface area contributed by atoms with Crippen LogP contribution in [-0.2, 0) is 6.42 Å². The van der Waals surface area contributed by atoms with Crippen LogP contribution < -0.4 is 5.73 Å². The number of nitrogens with zero attached hydrogens (tertiary/aromatic N) is 2. The lowest BCUT2D eigenvalue weighted by atomic mass is 10.2. The SMILES string of the molecule is C[C@H](N)Cc1ncon1. The maximum Gasteiger partial charge on any atom is 0.213 e. The summed E-state index contributed by atoms with van der Waals surface area (Å²) in [5.74, 6) is 0.671. The lowest BCUT2D eigenvalue weighted by Gasteiger charge is -1.96. The largest absolute Gasteiger partial charge is 0.343 e. The standard InChI is InChI=1S/C5H9N3O/c1-4(6)2-5-7-3-9-8-5/h3-4H,2,6H2,1H3/t4-/m0/s1. The minimum Gasteiger partial charge on any atom is -0.343 e. The molecular weight excluding hydrogens is 118 g/mol. The third-order valence-corrected chi connectivity index (χ3v) is 0.911. The first-order chi connectivity index (χ1) is 4.29. The van der Waals surface area contributed by atoms with Gasteiger partial charge in [0.2, 0.25) is 6.39 Å². The van der Waals surface area contributed by atoms with Crippen LogP contribution in [0.25, 0.3) is 0 Å². The van der Waals surface area contributed by atoms with E-state index in [9.17, 15) is 0 Å². The first kappa shape index (κ1) is 6.22. The highest BCUT2D eigenvalue weighted by molar-refractivity contribution is 4.81. The van der Waals surface area contributed by atoms with Gasteiger partial charge in [0.1, 0.15) is 0 Å². The molecule has 0 spiro atoms. The van der Waals surface area contributed by atoms with Crippen molar-refractivity contribution in [3.8, 4) is 0 Å². The van der Waals surface area contributed by atoms with Crippen LogP contribution in [0.5, 0.6) is 0 Å². The molecule has 4 nitrogen and oxygen atoms in total. The van der Waals surface area contributed by atoms with E-state index >= 15 is 0 Å². The summed E-state index contributed by atoms with van der Waals surface area (Å²) < 4.78 is 4.50. The fourth-order valence-corrected chi connectivity index (χ4v) is 0.570. The summed E-state index contributed by atoms with van der Waals surface area (Å²) in [7, 11) is 0. The molecule has 0 bridgehead atoms. The summed E-state index contributed by atoms with van der Waals surface area (Å²) in [5.41, 5.74) is 5.46. The van der Waals surface area contributed by atoms with Crippen LogP contribution in [0.3, 0.4) is 0 Å². The van der Waals surface area contributed by atoms with Gasteiger partial charge in [0.05, 0.1) is 0 Å². The third-order valence-electron chi connectivity index (χ3n) is 0.911. The van der Waals surface area contributed by atoms with Gasteiger partial charge in [-0.2, -0.15) is 4.98 Å². The Morgan fingerprint density at radius 3 is 3.11 bits per heavy atom. The van der Waals surface area contributed by atoms with Crippen LogP contribution in [0.4, 0.5) is 0 Å². The number of hydrogen-bond acceptors (Lipinski definition) is 4. The van der Waals surface area contributed by atoms with Gasteiger partial charge in [-0.15, -0.1) is 0 Å². The molecule has 1 aromatic rings. The average Bonchev–Trinajstić information content (AvgIpc) is 2.15. The van der Waals surface area contributed by atoms with Crippen LogP contribution in [0.2, 0.25) is 0 Å². The molecule has 0 fully saturated rings. The normalized spacial score (nSPS) is 13.6. The quantitative estimate of drug-likeness (QED) is 0.605. The zero-order chi connectivity index (χ0) is 6.69. The predicted octanol–water partition coefficient (Wildman–Crippen LogP) is -0.0407. The second kappa shape index (κ2) is 2.59. The van der Waals surface area contributed by atoms with Crippen molar-refractivity contribution >= 4 is 0 Å².